The first-order valence-corrected chi connectivity index (χ1v) is 7.09. The van der Waals surface area contributed by atoms with E-state index in [0.717, 1.165) is 19.3 Å². The average molecular weight is 223 g/mol. The summed E-state index contributed by atoms with van der Waals surface area (Å²) in [5.74, 6) is 0. The van der Waals surface area contributed by atoms with Crippen molar-refractivity contribution in [2.45, 2.75) is 85.0 Å². The smallest absolute Gasteiger partial charge is 0.0686 e. The molecule has 1 unspecified atom stereocenters. The molecule has 0 heterocycles. The van der Waals surface area contributed by atoms with E-state index in [-0.39, 0.29) is 5.41 Å². The number of hydrogen-bond acceptors (Lipinski definition) is 1. The van der Waals surface area contributed by atoms with E-state index in [9.17, 15) is 0 Å². The monoisotopic (exact) mass is 223 g/mol. The van der Waals surface area contributed by atoms with E-state index >= 15 is 0 Å². The fourth-order valence-corrected chi connectivity index (χ4v) is 2.26. The average Bonchev–Trinajstić information content (AvgIpc) is 2.28. The molecule has 1 nitrogen and oxygen atoms in total. The van der Waals surface area contributed by atoms with Crippen molar-refractivity contribution < 1.29 is 0 Å². The molecule has 16 heavy (non-hydrogen) atoms. The van der Waals surface area contributed by atoms with Crippen LogP contribution in [0.1, 0.15) is 85.0 Å². The molecule has 94 valence electrons. The van der Waals surface area contributed by atoms with Crippen LogP contribution in [-0.2, 0) is 0 Å². The highest BCUT2D eigenvalue weighted by Crippen LogP contribution is 2.29. The molecule has 1 atom stereocenters. The van der Waals surface area contributed by atoms with Crippen LogP contribution < -0.4 is 0 Å². The topological polar surface area (TPSA) is 23.8 Å². The Bertz CT molecular complexity index is 192. The third kappa shape index (κ3) is 7.74. The fourth-order valence-electron chi connectivity index (χ4n) is 2.26. The first-order chi connectivity index (χ1) is 7.68. The Morgan fingerprint density at radius 2 is 1.38 bits per heavy atom. The van der Waals surface area contributed by atoms with E-state index in [0.29, 0.717) is 0 Å². The quantitative estimate of drug-likeness (QED) is 0.451. The lowest BCUT2D eigenvalue weighted by atomic mass is 9.82. The maximum absolute atomic E-state index is 9.14. The Morgan fingerprint density at radius 3 is 1.88 bits per heavy atom. The predicted molar refractivity (Wildman–Crippen MR) is 71.2 cm³/mol. The van der Waals surface area contributed by atoms with E-state index in [1.807, 2.05) is 0 Å². The summed E-state index contributed by atoms with van der Waals surface area (Å²) in [6.45, 7) is 6.54. The molecule has 0 radical (unpaired) electrons. The zero-order valence-corrected chi connectivity index (χ0v) is 11.5. The van der Waals surface area contributed by atoms with Crippen LogP contribution in [0.4, 0.5) is 0 Å². The molecule has 0 saturated heterocycles. The number of unbranched alkanes of at least 4 members (excludes halogenated alkanes) is 6. The molecule has 0 rings (SSSR count). The maximum Gasteiger partial charge on any atom is 0.0686 e. The van der Waals surface area contributed by atoms with Gasteiger partial charge in [0.2, 0.25) is 0 Å². The molecule has 0 saturated carbocycles. The lowest BCUT2D eigenvalue weighted by molar-refractivity contribution is 0.350. The lowest BCUT2D eigenvalue weighted by Crippen LogP contribution is -2.12. The van der Waals surface area contributed by atoms with Gasteiger partial charge in [0.05, 0.1) is 11.5 Å². The van der Waals surface area contributed by atoms with Crippen LogP contribution in [0.5, 0.6) is 0 Å². The summed E-state index contributed by atoms with van der Waals surface area (Å²) in [7, 11) is 0. The molecule has 0 aliphatic rings. The summed E-state index contributed by atoms with van der Waals surface area (Å²) >= 11 is 0. The molecule has 0 bridgehead atoms. The van der Waals surface area contributed by atoms with Crippen molar-refractivity contribution in [3.8, 4) is 6.07 Å². The molecule has 0 aliphatic carbocycles. The van der Waals surface area contributed by atoms with E-state index in [2.05, 4.69) is 26.8 Å². The van der Waals surface area contributed by atoms with Gasteiger partial charge in [-0.3, -0.25) is 0 Å². The number of hydrogen-bond donors (Lipinski definition) is 0. The minimum Gasteiger partial charge on any atom is -0.198 e. The van der Waals surface area contributed by atoms with Gasteiger partial charge in [0.25, 0.3) is 0 Å². The number of rotatable bonds is 10. The highest BCUT2D eigenvalue weighted by Gasteiger charge is 2.21. The summed E-state index contributed by atoms with van der Waals surface area (Å²) in [6, 6.07) is 2.49. The van der Waals surface area contributed by atoms with Gasteiger partial charge in [0.15, 0.2) is 0 Å². The molecule has 0 aliphatic heterocycles. The Balaban J connectivity index is 3.46. The molecule has 0 spiro atoms. The van der Waals surface area contributed by atoms with Crippen LogP contribution in [0, 0.1) is 16.7 Å². The molecule has 0 aromatic rings. The van der Waals surface area contributed by atoms with Crippen molar-refractivity contribution in [2.24, 2.45) is 5.41 Å². The Kier molecular flexibility index (Phi) is 9.39. The molecule has 0 amide bonds. The van der Waals surface area contributed by atoms with Gasteiger partial charge in [-0.2, -0.15) is 5.26 Å². The maximum atomic E-state index is 9.14. The largest absolute Gasteiger partial charge is 0.198 e. The van der Waals surface area contributed by atoms with Crippen LogP contribution in [0.25, 0.3) is 0 Å². The van der Waals surface area contributed by atoms with Gasteiger partial charge in [-0.1, -0.05) is 65.2 Å². The van der Waals surface area contributed by atoms with Crippen molar-refractivity contribution in [1.82, 2.24) is 0 Å². The number of nitrogens with zero attached hydrogens (tertiary/aromatic N) is 1. The van der Waals surface area contributed by atoms with Crippen LogP contribution in [-0.4, -0.2) is 0 Å². The first kappa shape index (κ1) is 15.5. The SMILES string of the molecule is CCCCCCCCCC(C)(C#N)CCC. The Hall–Kier alpha value is -0.510. The summed E-state index contributed by atoms with van der Waals surface area (Å²) in [6.07, 6.45) is 12.6. The normalized spacial score (nSPS) is 14.4. The van der Waals surface area contributed by atoms with Crippen molar-refractivity contribution in [3.63, 3.8) is 0 Å². The van der Waals surface area contributed by atoms with Crippen LogP contribution >= 0.6 is 0 Å². The van der Waals surface area contributed by atoms with Crippen molar-refractivity contribution >= 4 is 0 Å². The van der Waals surface area contributed by atoms with Gasteiger partial charge in [0, 0.05) is 0 Å². The second kappa shape index (κ2) is 9.70. The van der Waals surface area contributed by atoms with Gasteiger partial charge in [-0.25, -0.2) is 0 Å². The van der Waals surface area contributed by atoms with Crippen LogP contribution in [0.15, 0.2) is 0 Å². The Labute approximate surface area is 102 Å². The van der Waals surface area contributed by atoms with Crippen molar-refractivity contribution in [2.75, 3.05) is 0 Å². The first-order valence-electron chi connectivity index (χ1n) is 7.09. The van der Waals surface area contributed by atoms with Crippen LogP contribution in [0.2, 0.25) is 0 Å². The molecule has 0 aromatic carbocycles. The van der Waals surface area contributed by atoms with Gasteiger partial charge < -0.3 is 0 Å². The third-order valence-corrected chi connectivity index (χ3v) is 3.40. The van der Waals surface area contributed by atoms with E-state index in [1.54, 1.807) is 0 Å². The Morgan fingerprint density at radius 1 is 0.812 bits per heavy atom. The molecule has 0 fully saturated rings. The summed E-state index contributed by atoms with van der Waals surface area (Å²) in [5.41, 5.74) is -0.0574. The van der Waals surface area contributed by atoms with Gasteiger partial charge in [-0.05, 0) is 19.8 Å². The molecule has 0 N–H and O–H groups in total. The zero-order chi connectivity index (χ0) is 12.3. The predicted octanol–water partition coefficient (Wildman–Crippen LogP) is 5.46. The molecular weight excluding hydrogens is 194 g/mol. The highest BCUT2D eigenvalue weighted by atomic mass is 14.3. The standard InChI is InChI=1S/C15H29N/c1-4-6-7-8-9-10-11-13-15(3,14-16)12-5-2/h4-13H2,1-3H3. The van der Waals surface area contributed by atoms with Gasteiger partial charge >= 0.3 is 0 Å². The van der Waals surface area contributed by atoms with Crippen LogP contribution in [0.3, 0.4) is 0 Å². The third-order valence-electron chi connectivity index (χ3n) is 3.40. The van der Waals surface area contributed by atoms with Gasteiger partial charge in [0.1, 0.15) is 0 Å². The van der Waals surface area contributed by atoms with E-state index in [1.165, 1.54) is 44.9 Å². The second-order valence-electron chi connectivity index (χ2n) is 5.29. The molecule has 1 heteroatoms. The van der Waals surface area contributed by atoms with E-state index in [4.69, 9.17) is 5.26 Å². The van der Waals surface area contributed by atoms with Crippen molar-refractivity contribution in [1.29, 1.82) is 5.26 Å². The van der Waals surface area contributed by atoms with Gasteiger partial charge in [-0.15, -0.1) is 0 Å². The van der Waals surface area contributed by atoms with Crippen molar-refractivity contribution in [3.05, 3.63) is 0 Å². The zero-order valence-electron chi connectivity index (χ0n) is 11.5. The molecular formula is C15H29N. The highest BCUT2D eigenvalue weighted by molar-refractivity contribution is 4.94. The summed E-state index contributed by atoms with van der Waals surface area (Å²) < 4.78 is 0. The fraction of sp³-hybridized carbons (Fsp3) is 0.933. The molecule has 0 aromatic heterocycles. The lowest BCUT2D eigenvalue weighted by Gasteiger charge is -2.20. The van der Waals surface area contributed by atoms with E-state index < -0.39 is 0 Å². The summed E-state index contributed by atoms with van der Waals surface area (Å²) in [5, 5.41) is 9.14. The second-order valence-corrected chi connectivity index (χ2v) is 5.29. The summed E-state index contributed by atoms with van der Waals surface area (Å²) in [4.78, 5) is 0. The minimum atomic E-state index is -0.0574. The minimum absolute atomic E-state index is 0.0574. The number of nitriles is 1.